The number of hydrogen-bond donors (Lipinski definition) is 0. The number of carbonyl (C=O) groups excluding carboxylic acids is 1. The first-order valence-corrected chi connectivity index (χ1v) is 14.4. The normalized spacial score (nSPS) is 15.0. The number of allylic oxidation sites excluding steroid dienone is 1. The monoisotopic (exact) mass is 728 g/mol. The van der Waals surface area contributed by atoms with E-state index in [0.29, 0.717) is 48.1 Å². The molecule has 206 valence electrons. The van der Waals surface area contributed by atoms with Crippen molar-refractivity contribution in [2.45, 2.75) is 19.9 Å². The number of esters is 1. The molecular formula is C27H26BrIN2O7S. The maximum atomic E-state index is 14.0. The van der Waals surface area contributed by atoms with E-state index in [-0.39, 0.29) is 17.7 Å². The number of fused-ring (bicyclic) bond motifs is 1. The van der Waals surface area contributed by atoms with Crippen LogP contribution in [0.25, 0.3) is 6.08 Å². The van der Waals surface area contributed by atoms with Crippen LogP contribution in [0.1, 0.15) is 31.0 Å². The molecule has 0 bridgehead atoms. The fourth-order valence-electron chi connectivity index (χ4n) is 4.34. The molecule has 0 fully saturated rings. The number of thiazole rings is 1. The van der Waals surface area contributed by atoms with Crippen LogP contribution in [0.3, 0.4) is 0 Å². The van der Waals surface area contributed by atoms with Crippen LogP contribution in [-0.4, -0.2) is 45.6 Å². The molecule has 4 rings (SSSR count). The highest BCUT2D eigenvalue weighted by Crippen LogP contribution is 2.41. The van der Waals surface area contributed by atoms with Gasteiger partial charge in [0.1, 0.15) is 0 Å². The van der Waals surface area contributed by atoms with E-state index in [1.807, 2.05) is 6.07 Å². The summed E-state index contributed by atoms with van der Waals surface area (Å²) in [5, 5.41) is 0. The predicted molar refractivity (Wildman–Crippen MR) is 160 cm³/mol. The topological polar surface area (TPSA) is 97.6 Å². The zero-order valence-corrected chi connectivity index (χ0v) is 26.6. The number of ether oxygens (including phenoxy) is 5. The average molecular weight is 729 g/mol. The Bertz CT molecular complexity index is 1660. The van der Waals surface area contributed by atoms with Crippen molar-refractivity contribution in [2.24, 2.45) is 4.99 Å². The Balaban J connectivity index is 2.00. The van der Waals surface area contributed by atoms with Gasteiger partial charge in [-0.1, -0.05) is 27.3 Å². The lowest BCUT2D eigenvalue weighted by molar-refractivity contribution is -0.139. The lowest BCUT2D eigenvalue weighted by Gasteiger charge is -2.26. The van der Waals surface area contributed by atoms with Gasteiger partial charge in [0.2, 0.25) is 0 Å². The first-order chi connectivity index (χ1) is 18.7. The van der Waals surface area contributed by atoms with Crippen LogP contribution in [0.15, 0.2) is 49.8 Å². The zero-order chi connectivity index (χ0) is 28.4. The van der Waals surface area contributed by atoms with Crippen molar-refractivity contribution in [3.8, 4) is 23.0 Å². The second-order valence-electron chi connectivity index (χ2n) is 8.27. The number of hydrogen-bond acceptors (Lipinski definition) is 9. The summed E-state index contributed by atoms with van der Waals surface area (Å²) >= 11 is 7.01. The van der Waals surface area contributed by atoms with E-state index >= 15 is 0 Å². The van der Waals surface area contributed by atoms with Gasteiger partial charge < -0.3 is 23.7 Å². The van der Waals surface area contributed by atoms with Crippen molar-refractivity contribution < 1.29 is 28.5 Å². The summed E-state index contributed by atoms with van der Waals surface area (Å²) in [6.45, 7) is 3.65. The molecule has 39 heavy (non-hydrogen) atoms. The Morgan fingerprint density at radius 1 is 1.08 bits per heavy atom. The van der Waals surface area contributed by atoms with Crippen molar-refractivity contribution in [2.75, 3.05) is 35.0 Å². The molecule has 1 atom stereocenters. The van der Waals surface area contributed by atoms with Crippen LogP contribution >= 0.6 is 49.9 Å². The van der Waals surface area contributed by atoms with Gasteiger partial charge in [0.15, 0.2) is 27.8 Å². The summed E-state index contributed by atoms with van der Waals surface area (Å²) in [6.07, 6.45) is 1.78. The second kappa shape index (κ2) is 12.1. The minimum atomic E-state index is -0.817. The van der Waals surface area contributed by atoms with Gasteiger partial charge in [0.05, 0.1) is 60.5 Å². The van der Waals surface area contributed by atoms with E-state index in [9.17, 15) is 9.59 Å². The van der Waals surface area contributed by atoms with Gasteiger partial charge in [-0.05, 0) is 77.9 Å². The summed E-state index contributed by atoms with van der Waals surface area (Å²) in [6, 6.07) is 6.38. The minimum absolute atomic E-state index is 0.178. The third kappa shape index (κ3) is 5.46. The Hall–Kier alpha value is -2.84. The van der Waals surface area contributed by atoms with Gasteiger partial charge in [0, 0.05) is 4.47 Å². The largest absolute Gasteiger partial charge is 0.493 e. The molecule has 2 heterocycles. The Morgan fingerprint density at radius 2 is 1.74 bits per heavy atom. The Kier molecular flexibility index (Phi) is 9.07. The Morgan fingerprint density at radius 3 is 2.36 bits per heavy atom. The highest BCUT2D eigenvalue weighted by Gasteiger charge is 2.35. The van der Waals surface area contributed by atoms with Gasteiger partial charge in [-0.25, -0.2) is 9.79 Å². The number of methoxy groups -OCH3 is 4. The number of carbonyl (C=O) groups is 1. The molecule has 0 spiro atoms. The summed E-state index contributed by atoms with van der Waals surface area (Å²) in [4.78, 5) is 32.3. The minimum Gasteiger partial charge on any atom is -0.493 e. The van der Waals surface area contributed by atoms with E-state index < -0.39 is 12.0 Å². The highest BCUT2D eigenvalue weighted by atomic mass is 127. The molecule has 1 aromatic heterocycles. The molecule has 0 N–H and O–H groups in total. The molecule has 12 heteroatoms. The molecule has 3 aromatic rings. The predicted octanol–water partition coefficient (Wildman–Crippen LogP) is 4.20. The van der Waals surface area contributed by atoms with E-state index in [1.54, 1.807) is 52.3 Å². The first kappa shape index (κ1) is 29.2. The number of benzene rings is 2. The van der Waals surface area contributed by atoms with E-state index in [1.165, 1.54) is 30.1 Å². The van der Waals surface area contributed by atoms with Crippen LogP contribution in [0.2, 0.25) is 0 Å². The fourth-order valence-corrected chi connectivity index (χ4v) is 6.77. The molecule has 1 aliphatic rings. The maximum Gasteiger partial charge on any atom is 0.338 e. The molecule has 0 unspecified atom stereocenters. The van der Waals surface area contributed by atoms with Gasteiger partial charge in [0.25, 0.3) is 5.56 Å². The summed E-state index contributed by atoms with van der Waals surface area (Å²) in [7, 11) is 6.20. The molecule has 0 amide bonds. The number of nitrogens with zero attached hydrogens (tertiary/aromatic N) is 2. The summed E-state index contributed by atoms with van der Waals surface area (Å²) in [5.74, 6) is 1.58. The average Bonchev–Trinajstić information content (AvgIpc) is 3.21. The third-order valence-corrected chi connectivity index (χ3v) is 8.54. The quantitative estimate of drug-likeness (QED) is 0.254. The van der Waals surface area contributed by atoms with Crippen LogP contribution in [-0.2, 0) is 9.53 Å². The third-order valence-electron chi connectivity index (χ3n) is 6.07. The number of halogens is 2. The van der Waals surface area contributed by atoms with Crippen LogP contribution < -0.4 is 33.8 Å². The SMILES string of the molecule is CCOC(=O)C1=C(C)N=c2s/c(=C\c3cc(I)c(OC)c(OC)c3)c(=O)n2[C@H]1c1cc(OC)c(OC)cc1Br. The highest BCUT2D eigenvalue weighted by molar-refractivity contribution is 14.1. The van der Waals surface area contributed by atoms with Crippen LogP contribution in [0.4, 0.5) is 0 Å². The van der Waals surface area contributed by atoms with Crippen molar-refractivity contribution in [3.63, 3.8) is 0 Å². The standard InChI is InChI=1S/C27H26BrIN2O7S/c1-7-38-26(33)22-13(2)30-27-31(23(22)15-11-18(34-3)19(35-4)12-16(15)28)25(32)21(39-27)10-14-8-17(29)24(37-6)20(9-14)36-5/h8-12,23H,7H2,1-6H3/b21-10-/t23-/m0/s1. The van der Waals surface area contributed by atoms with Crippen LogP contribution in [0, 0.1) is 3.57 Å². The zero-order valence-electron chi connectivity index (χ0n) is 22.1. The van der Waals surface area contributed by atoms with Crippen molar-refractivity contribution in [1.29, 1.82) is 0 Å². The maximum absolute atomic E-state index is 14.0. The van der Waals surface area contributed by atoms with Gasteiger partial charge in [-0.3, -0.25) is 9.36 Å². The first-order valence-electron chi connectivity index (χ1n) is 11.7. The number of aromatic nitrogens is 1. The van der Waals surface area contributed by atoms with E-state index in [4.69, 9.17) is 23.7 Å². The molecule has 9 nitrogen and oxygen atoms in total. The van der Waals surface area contributed by atoms with Gasteiger partial charge >= 0.3 is 5.97 Å². The molecule has 2 aromatic carbocycles. The van der Waals surface area contributed by atoms with Crippen molar-refractivity contribution in [3.05, 3.63) is 74.4 Å². The van der Waals surface area contributed by atoms with Gasteiger partial charge in [-0.15, -0.1) is 0 Å². The lowest BCUT2D eigenvalue weighted by atomic mass is 9.95. The summed E-state index contributed by atoms with van der Waals surface area (Å²) < 4.78 is 30.7. The molecular weight excluding hydrogens is 703 g/mol. The lowest BCUT2D eigenvalue weighted by Crippen LogP contribution is -2.40. The molecule has 0 saturated heterocycles. The fraction of sp³-hybridized carbons (Fsp3) is 0.296. The van der Waals surface area contributed by atoms with Gasteiger partial charge in [-0.2, -0.15) is 0 Å². The van der Waals surface area contributed by atoms with Crippen LogP contribution in [0.5, 0.6) is 23.0 Å². The van der Waals surface area contributed by atoms with E-state index in [0.717, 1.165) is 9.13 Å². The number of rotatable bonds is 8. The Labute approximate surface area is 251 Å². The van der Waals surface area contributed by atoms with E-state index in [2.05, 4.69) is 43.5 Å². The smallest absolute Gasteiger partial charge is 0.338 e. The second-order valence-corrected chi connectivity index (χ2v) is 11.3. The van der Waals surface area contributed by atoms with Crippen molar-refractivity contribution in [1.82, 2.24) is 4.57 Å². The molecule has 0 radical (unpaired) electrons. The summed E-state index contributed by atoms with van der Waals surface area (Å²) in [5.41, 5.74) is 1.81. The van der Waals surface area contributed by atoms with Crippen molar-refractivity contribution >= 4 is 61.9 Å². The molecule has 1 aliphatic heterocycles. The molecule has 0 saturated carbocycles. The molecule has 0 aliphatic carbocycles.